The highest BCUT2D eigenvalue weighted by Gasteiger charge is 2.66. The number of methoxy groups -OCH3 is 1. The molecule has 5 nitrogen and oxygen atoms in total. The predicted octanol–water partition coefficient (Wildman–Crippen LogP) is -1.08. The van der Waals surface area contributed by atoms with Gasteiger partial charge in [0.15, 0.2) is 5.41 Å². The van der Waals surface area contributed by atoms with Gasteiger partial charge in [-0.05, 0) is 6.42 Å². The molecule has 1 rings (SSSR count). The summed E-state index contributed by atoms with van der Waals surface area (Å²) in [6.07, 6.45) is 0.161. The van der Waals surface area contributed by atoms with Crippen LogP contribution >= 0.6 is 0 Å². The van der Waals surface area contributed by atoms with Crippen molar-refractivity contribution in [1.29, 1.82) is 5.26 Å². The number of esters is 1. The monoisotopic (exact) mass is 169 g/mol. The second-order valence-electron chi connectivity index (χ2n) is 2.80. The van der Waals surface area contributed by atoms with E-state index in [4.69, 9.17) is 15.3 Å². The van der Waals surface area contributed by atoms with Gasteiger partial charge in [-0.25, -0.2) is 0 Å². The first kappa shape index (κ1) is 9.04. The molecule has 12 heavy (non-hydrogen) atoms. The third-order valence-electron chi connectivity index (χ3n) is 2.12. The van der Waals surface area contributed by atoms with E-state index in [0.717, 1.165) is 0 Å². The van der Waals surface area contributed by atoms with Gasteiger partial charge in [0, 0.05) is 5.82 Å². The maximum Gasteiger partial charge on any atom is 0.457 e. The molecular formula is C6H8BNO4. The molecule has 1 aliphatic rings. The maximum absolute atomic E-state index is 11.0. The van der Waals surface area contributed by atoms with E-state index in [1.807, 2.05) is 0 Å². The Morgan fingerprint density at radius 2 is 2.42 bits per heavy atom. The molecule has 0 heterocycles. The van der Waals surface area contributed by atoms with E-state index >= 15 is 0 Å². The fourth-order valence-corrected chi connectivity index (χ4v) is 1.24. The predicted molar refractivity (Wildman–Crippen MR) is 38.6 cm³/mol. The van der Waals surface area contributed by atoms with Crippen molar-refractivity contribution in [2.24, 2.45) is 5.41 Å². The molecule has 6 heteroatoms. The Morgan fingerprint density at radius 3 is 2.67 bits per heavy atom. The first-order valence-electron chi connectivity index (χ1n) is 3.44. The summed E-state index contributed by atoms with van der Waals surface area (Å²) in [5.74, 6) is -1.39. The van der Waals surface area contributed by atoms with Crippen LogP contribution in [0.3, 0.4) is 0 Å². The molecule has 2 unspecified atom stereocenters. The van der Waals surface area contributed by atoms with Gasteiger partial charge in [0.05, 0.1) is 13.2 Å². The summed E-state index contributed by atoms with van der Waals surface area (Å²) in [4.78, 5) is 11.0. The molecule has 64 valence electrons. The average molecular weight is 169 g/mol. The summed E-state index contributed by atoms with van der Waals surface area (Å²) < 4.78 is 4.37. The average Bonchev–Trinajstić information content (AvgIpc) is 2.79. The summed E-state index contributed by atoms with van der Waals surface area (Å²) in [6.45, 7) is 0. The first-order valence-corrected chi connectivity index (χ1v) is 3.44. The molecule has 0 saturated heterocycles. The largest absolute Gasteiger partial charge is 0.468 e. The lowest BCUT2D eigenvalue weighted by Gasteiger charge is -2.04. The van der Waals surface area contributed by atoms with Crippen molar-refractivity contribution in [3.63, 3.8) is 0 Å². The van der Waals surface area contributed by atoms with Crippen LogP contribution in [0.4, 0.5) is 0 Å². The van der Waals surface area contributed by atoms with Crippen molar-refractivity contribution >= 4 is 13.1 Å². The zero-order valence-electron chi connectivity index (χ0n) is 6.52. The number of rotatable bonds is 2. The molecule has 2 atom stereocenters. The molecule has 0 radical (unpaired) electrons. The molecule has 0 aromatic carbocycles. The summed E-state index contributed by atoms with van der Waals surface area (Å²) in [7, 11) is -0.454. The lowest BCUT2D eigenvalue weighted by atomic mass is 9.78. The second kappa shape index (κ2) is 2.77. The number of nitriles is 1. The SMILES string of the molecule is COC(=O)C1(C#N)CC1B(O)O. The highest BCUT2D eigenvalue weighted by Crippen LogP contribution is 2.58. The normalized spacial score (nSPS) is 32.0. The van der Waals surface area contributed by atoms with E-state index in [1.54, 1.807) is 6.07 Å². The Hall–Kier alpha value is -1.06. The number of carbonyl (C=O) groups excluding carboxylic acids is 1. The third-order valence-corrected chi connectivity index (χ3v) is 2.12. The van der Waals surface area contributed by atoms with E-state index in [-0.39, 0.29) is 6.42 Å². The van der Waals surface area contributed by atoms with E-state index in [9.17, 15) is 4.79 Å². The van der Waals surface area contributed by atoms with Gasteiger partial charge in [-0.3, -0.25) is 4.79 Å². The van der Waals surface area contributed by atoms with Crippen molar-refractivity contribution in [2.45, 2.75) is 12.2 Å². The Kier molecular flexibility index (Phi) is 2.09. The number of hydrogen-bond donors (Lipinski definition) is 2. The van der Waals surface area contributed by atoms with Crippen LogP contribution in [0.1, 0.15) is 6.42 Å². The van der Waals surface area contributed by atoms with Crippen LogP contribution in [-0.2, 0) is 9.53 Å². The van der Waals surface area contributed by atoms with Crippen molar-refractivity contribution in [3.05, 3.63) is 0 Å². The highest BCUT2D eigenvalue weighted by molar-refractivity contribution is 6.46. The minimum absolute atomic E-state index is 0.161. The van der Waals surface area contributed by atoms with Crippen molar-refractivity contribution < 1.29 is 19.6 Å². The molecule has 0 aromatic rings. The van der Waals surface area contributed by atoms with E-state index in [0.29, 0.717) is 0 Å². The van der Waals surface area contributed by atoms with Crippen molar-refractivity contribution in [2.75, 3.05) is 7.11 Å². The van der Waals surface area contributed by atoms with Crippen molar-refractivity contribution in [1.82, 2.24) is 0 Å². The maximum atomic E-state index is 11.0. The van der Waals surface area contributed by atoms with Gasteiger partial charge in [-0.2, -0.15) is 5.26 Å². The third kappa shape index (κ3) is 1.07. The quantitative estimate of drug-likeness (QED) is 0.405. The summed E-state index contributed by atoms with van der Waals surface area (Å²) >= 11 is 0. The zero-order chi connectivity index (χ0) is 9.35. The molecule has 2 N–H and O–H groups in total. The summed E-state index contributed by atoms with van der Waals surface area (Å²) in [6, 6.07) is 1.74. The van der Waals surface area contributed by atoms with E-state index in [2.05, 4.69) is 4.74 Å². The smallest absolute Gasteiger partial charge is 0.457 e. The molecule has 1 aliphatic carbocycles. The number of nitrogens with zero attached hydrogens (tertiary/aromatic N) is 1. The fraction of sp³-hybridized carbons (Fsp3) is 0.667. The Labute approximate surface area is 69.7 Å². The Balaban J connectivity index is 2.73. The van der Waals surface area contributed by atoms with Gasteiger partial charge in [-0.1, -0.05) is 0 Å². The Morgan fingerprint density at radius 1 is 1.83 bits per heavy atom. The van der Waals surface area contributed by atoms with Crippen LogP contribution in [0.25, 0.3) is 0 Å². The molecule has 0 bridgehead atoms. The Bertz CT molecular complexity index is 248. The van der Waals surface area contributed by atoms with Crippen LogP contribution in [0, 0.1) is 16.7 Å². The highest BCUT2D eigenvalue weighted by atomic mass is 16.5. The van der Waals surface area contributed by atoms with Crippen LogP contribution < -0.4 is 0 Å². The topological polar surface area (TPSA) is 90.6 Å². The van der Waals surface area contributed by atoms with Gasteiger partial charge in [-0.15, -0.1) is 0 Å². The van der Waals surface area contributed by atoms with Crippen LogP contribution in [0.5, 0.6) is 0 Å². The minimum atomic E-state index is -1.62. The van der Waals surface area contributed by atoms with Crippen LogP contribution in [0.15, 0.2) is 0 Å². The molecule has 0 amide bonds. The van der Waals surface area contributed by atoms with Gasteiger partial charge in [0.25, 0.3) is 0 Å². The lowest BCUT2D eigenvalue weighted by molar-refractivity contribution is -0.144. The minimum Gasteiger partial charge on any atom is -0.468 e. The zero-order valence-corrected chi connectivity index (χ0v) is 6.52. The van der Waals surface area contributed by atoms with Gasteiger partial charge < -0.3 is 14.8 Å². The van der Waals surface area contributed by atoms with Crippen LogP contribution in [0.2, 0.25) is 5.82 Å². The number of ether oxygens (including phenoxy) is 1. The van der Waals surface area contributed by atoms with E-state index in [1.165, 1.54) is 7.11 Å². The van der Waals surface area contributed by atoms with Gasteiger partial charge >= 0.3 is 13.1 Å². The molecule has 1 fully saturated rings. The van der Waals surface area contributed by atoms with Gasteiger partial charge in [0.2, 0.25) is 0 Å². The second-order valence-corrected chi connectivity index (χ2v) is 2.80. The van der Waals surface area contributed by atoms with Crippen LogP contribution in [-0.4, -0.2) is 30.2 Å². The fourth-order valence-electron chi connectivity index (χ4n) is 1.24. The van der Waals surface area contributed by atoms with Gasteiger partial charge in [0.1, 0.15) is 0 Å². The standard InChI is InChI=1S/C6H8BNO4/c1-12-5(9)6(3-8)2-4(6)7(10)11/h4,10-11H,2H2,1H3. The number of carbonyl (C=O) groups is 1. The first-order chi connectivity index (χ1) is 5.58. The molecule has 0 aromatic heterocycles. The molecule has 0 aliphatic heterocycles. The van der Waals surface area contributed by atoms with E-state index < -0.39 is 24.3 Å². The number of hydrogen-bond acceptors (Lipinski definition) is 5. The summed E-state index contributed by atoms with van der Waals surface area (Å²) in [5.41, 5.74) is -1.32. The summed E-state index contributed by atoms with van der Waals surface area (Å²) in [5, 5.41) is 26.0. The van der Waals surface area contributed by atoms with Crippen molar-refractivity contribution in [3.8, 4) is 6.07 Å². The molecule has 0 spiro atoms. The molecule has 1 saturated carbocycles. The molecular weight excluding hydrogens is 161 g/mol. The lowest BCUT2D eigenvalue weighted by Crippen LogP contribution is -2.23.